The molecule has 0 unspecified atom stereocenters. The third-order valence-corrected chi connectivity index (χ3v) is 4.67. The molecule has 4 heteroatoms. The SMILES string of the molecule is Cc1ccc(NC2=C([n+]3ccc(C)cc3)C(=O)c3ccccc3C2=O)cc1. The Balaban J connectivity index is 1.90. The summed E-state index contributed by atoms with van der Waals surface area (Å²) in [6.07, 6.45) is 3.61. The van der Waals surface area contributed by atoms with Crippen molar-refractivity contribution in [3.63, 3.8) is 0 Å². The molecule has 4 nitrogen and oxygen atoms in total. The molecule has 0 spiro atoms. The predicted molar refractivity (Wildman–Crippen MR) is 104 cm³/mol. The summed E-state index contributed by atoms with van der Waals surface area (Å²) in [5.41, 5.74) is 4.44. The Bertz CT molecular complexity index is 1080. The Morgan fingerprint density at radius 2 is 1.26 bits per heavy atom. The van der Waals surface area contributed by atoms with Gasteiger partial charge in [0.2, 0.25) is 5.78 Å². The Morgan fingerprint density at radius 1 is 0.704 bits per heavy atom. The van der Waals surface area contributed by atoms with Gasteiger partial charge in [0.15, 0.2) is 18.1 Å². The van der Waals surface area contributed by atoms with Crippen LogP contribution >= 0.6 is 0 Å². The van der Waals surface area contributed by atoms with E-state index >= 15 is 0 Å². The molecule has 0 atom stereocenters. The lowest BCUT2D eigenvalue weighted by Gasteiger charge is -2.18. The lowest BCUT2D eigenvalue weighted by atomic mass is 9.90. The Labute approximate surface area is 157 Å². The van der Waals surface area contributed by atoms with Gasteiger partial charge in [0.05, 0.1) is 0 Å². The number of hydrogen-bond donors (Lipinski definition) is 1. The third kappa shape index (κ3) is 3.06. The molecule has 0 fully saturated rings. The number of allylic oxidation sites excluding steroid dienone is 2. The number of carbonyl (C=O) groups is 2. The molecule has 0 amide bonds. The van der Waals surface area contributed by atoms with E-state index in [1.165, 1.54) is 0 Å². The highest BCUT2D eigenvalue weighted by Crippen LogP contribution is 2.27. The van der Waals surface area contributed by atoms with E-state index < -0.39 is 0 Å². The smallest absolute Gasteiger partial charge is 0.286 e. The topological polar surface area (TPSA) is 50.1 Å². The number of aromatic nitrogens is 1. The fourth-order valence-corrected chi connectivity index (χ4v) is 3.16. The number of Topliss-reactive ketones (excluding diaryl/α,β-unsaturated/α-hetero) is 2. The number of nitrogens with zero attached hydrogens (tertiary/aromatic N) is 1. The molecule has 1 aromatic heterocycles. The van der Waals surface area contributed by atoms with Gasteiger partial charge in [-0.3, -0.25) is 9.59 Å². The van der Waals surface area contributed by atoms with Crippen LogP contribution in [0.15, 0.2) is 78.8 Å². The van der Waals surface area contributed by atoms with Crippen LogP contribution in [0.1, 0.15) is 31.8 Å². The predicted octanol–water partition coefficient (Wildman–Crippen LogP) is 3.95. The van der Waals surface area contributed by atoms with Crippen LogP contribution < -0.4 is 9.88 Å². The quantitative estimate of drug-likeness (QED) is 0.724. The molecule has 0 bridgehead atoms. The Hall–Kier alpha value is -3.53. The number of aryl methyl sites for hydroxylation is 2. The van der Waals surface area contributed by atoms with Crippen molar-refractivity contribution in [1.29, 1.82) is 0 Å². The fourth-order valence-electron chi connectivity index (χ4n) is 3.16. The van der Waals surface area contributed by atoms with Gasteiger partial charge < -0.3 is 5.32 Å². The molecule has 1 aliphatic rings. The molecule has 0 saturated heterocycles. The molecule has 132 valence electrons. The molecule has 27 heavy (non-hydrogen) atoms. The number of ketones is 2. The third-order valence-electron chi connectivity index (χ3n) is 4.67. The second-order valence-corrected chi connectivity index (χ2v) is 6.70. The van der Waals surface area contributed by atoms with E-state index in [1.54, 1.807) is 41.2 Å². The number of carbonyl (C=O) groups excluding carboxylic acids is 2. The number of nitrogens with one attached hydrogen (secondary N) is 1. The maximum absolute atomic E-state index is 13.2. The summed E-state index contributed by atoms with van der Waals surface area (Å²) in [6, 6.07) is 18.5. The van der Waals surface area contributed by atoms with Crippen LogP contribution in [-0.4, -0.2) is 11.6 Å². The first-order chi connectivity index (χ1) is 13.0. The first kappa shape index (κ1) is 16.9. The van der Waals surface area contributed by atoms with E-state index in [4.69, 9.17) is 0 Å². The van der Waals surface area contributed by atoms with Gasteiger partial charge in [-0.15, -0.1) is 0 Å². The lowest BCUT2D eigenvalue weighted by Crippen LogP contribution is -2.42. The van der Waals surface area contributed by atoms with Crippen molar-refractivity contribution in [3.05, 3.63) is 101 Å². The number of pyridine rings is 1. The summed E-state index contributed by atoms with van der Waals surface area (Å²) in [5, 5.41) is 3.18. The van der Waals surface area contributed by atoms with Gasteiger partial charge in [0.25, 0.3) is 11.5 Å². The monoisotopic (exact) mass is 355 g/mol. The van der Waals surface area contributed by atoms with E-state index in [9.17, 15) is 9.59 Å². The van der Waals surface area contributed by atoms with Crippen molar-refractivity contribution in [3.8, 4) is 0 Å². The summed E-state index contributed by atoms with van der Waals surface area (Å²) >= 11 is 0. The fraction of sp³-hybridized carbons (Fsp3) is 0.0870. The second-order valence-electron chi connectivity index (χ2n) is 6.70. The molecular weight excluding hydrogens is 336 g/mol. The molecule has 1 heterocycles. The first-order valence-corrected chi connectivity index (χ1v) is 8.79. The van der Waals surface area contributed by atoms with Crippen LogP contribution in [0.2, 0.25) is 0 Å². The maximum Gasteiger partial charge on any atom is 0.286 e. The molecule has 1 N–H and O–H groups in total. The minimum Gasteiger partial charge on any atom is -0.347 e. The summed E-state index contributed by atoms with van der Waals surface area (Å²) in [7, 11) is 0. The van der Waals surface area contributed by atoms with Crippen molar-refractivity contribution in [2.24, 2.45) is 0 Å². The number of rotatable bonds is 3. The highest BCUT2D eigenvalue weighted by atomic mass is 16.1. The molecule has 1 aliphatic carbocycles. The lowest BCUT2D eigenvalue weighted by molar-refractivity contribution is -0.577. The maximum atomic E-state index is 13.2. The highest BCUT2D eigenvalue weighted by Gasteiger charge is 2.38. The van der Waals surface area contributed by atoms with Crippen LogP contribution in [0.4, 0.5) is 5.69 Å². The van der Waals surface area contributed by atoms with Gasteiger partial charge in [-0.25, -0.2) is 0 Å². The minimum absolute atomic E-state index is 0.173. The Kier molecular flexibility index (Phi) is 4.16. The average molecular weight is 355 g/mol. The molecular formula is C23H19N2O2+. The van der Waals surface area contributed by atoms with Crippen LogP contribution in [0, 0.1) is 13.8 Å². The molecule has 2 aromatic carbocycles. The summed E-state index contributed by atoms with van der Waals surface area (Å²) < 4.78 is 1.71. The van der Waals surface area contributed by atoms with E-state index in [-0.39, 0.29) is 17.3 Å². The van der Waals surface area contributed by atoms with Gasteiger partial charge in [0.1, 0.15) is 0 Å². The first-order valence-electron chi connectivity index (χ1n) is 8.79. The van der Waals surface area contributed by atoms with Crippen LogP contribution in [0.3, 0.4) is 0 Å². The van der Waals surface area contributed by atoms with Crippen molar-refractivity contribution < 1.29 is 14.2 Å². The number of anilines is 1. The van der Waals surface area contributed by atoms with Crippen LogP contribution in [0.25, 0.3) is 5.70 Å². The van der Waals surface area contributed by atoms with Gasteiger partial charge in [-0.1, -0.05) is 42.0 Å². The molecule has 4 rings (SSSR count). The van der Waals surface area contributed by atoms with Crippen LogP contribution in [-0.2, 0) is 0 Å². The van der Waals surface area contributed by atoms with E-state index in [1.807, 2.05) is 50.2 Å². The summed E-state index contributed by atoms with van der Waals surface area (Å²) in [6.45, 7) is 3.98. The van der Waals surface area contributed by atoms with Crippen molar-refractivity contribution >= 4 is 23.0 Å². The van der Waals surface area contributed by atoms with Crippen LogP contribution in [0.5, 0.6) is 0 Å². The molecule has 0 aliphatic heterocycles. The number of benzene rings is 2. The normalized spacial score (nSPS) is 13.6. The van der Waals surface area contributed by atoms with E-state index in [0.717, 1.165) is 16.8 Å². The van der Waals surface area contributed by atoms with Crippen molar-refractivity contribution in [2.45, 2.75) is 13.8 Å². The van der Waals surface area contributed by atoms with E-state index in [0.29, 0.717) is 16.8 Å². The summed E-state index contributed by atoms with van der Waals surface area (Å²) in [5.74, 6) is -0.359. The second kappa shape index (κ2) is 6.65. The van der Waals surface area contributed by atoms with E-state index in [2.05, 4.69) is 5.32 Å². The minimum atomic E-state index is -0.186. The van der Waals surface area contributed by atoms with Gasteiger partial charge in [-0.05, 0) is 31.5 Å². The zero-order chi connectivity index (χ0) is 19.0. The number of fused-ring (bicyclic) bond motifs is 1. The van der Waals surface area contributed by atoms with Gasteiger partial charge in [-0.2, -0.15) is 4.57 Å². The Morgan fingerprint density at radius 3 is 1.89 bits per heavy atom. The highest BCUT2D eigenvalue weighted by molar-refractivity contribution is 6.36. The van der Waals surface area contributed by atoms with Gasteiger partial charge in [0, 0.05) is 28.9 Å². The molecule has 0 saturated carbocycles. The van der Waals surface area contributed by atoms with Crippen molar-refractivity contribution in [2.75, 3.05) is 5.32 Å². The standard InChI is InChI=1S/C23H18N2O2/c1-15-7-9-17(10-8-15)24-20-21(25-13-11-16(2)12-14-25)23(27)19-6-4-3-5-18(19)22(20)26/h3-14H,1-2H3/p+1. The van der Waals surface area contributed by atoms with Gasteiger partial charge >= 0.3 is 0 Å². The summed E-state index contributed by atoms with van der Waals surface area (Å²) in [4.78, 5) is 26.4. The average Bonchev–Trinajstić information content (AvgIpc) is 2.69. The van der Waals surface area contributed by atoms with Crippen molar-refractivity contribution in [1.82, 2.24) is 0 Å². The largest absolute Gasteiger partial charge is 0.347 e. The zero-order valence-corrected chi connectivity index (χ0v) is 15.2. The molecule has 0 radical (unpaired) electrons. The zero-order valence-electron chi connectivity index (χ0n) is 15.2. The number of hydrogen-bond acceptors (Lipinski definition) is 3. The molecule has 3 aromatic rings.